The number of rotatable bonds is 1. The minimum absolute atomic E-state index is 0.643. The van der Waals surface area contributed by atoms with Crippen LogP contribution in [0.25, 0.3) is 0 Å². The quantitative estimate of drug-likeness (QED) is 0.462. The zero-order valence-electron chi connectivity index (χ0n) is 12.1. The number of benzene rings is 1. The molecule has 0 radical (unpaired) electrons. The molecule has 5 nitrogen and oxygen atoms in total. The van der Waals surface area contributed by atoms with E-state index in [4.69, 9.17) is 16.6 Å². The molecule has 2 aromatic heterocycles. The average molecular weight is 389 g/mol. The van der Waals surface area contributed by atoms with Crippen LogP contribution in [0.3, 0.4) is 0 Å². The fourth-order valence-electron chi connectivity index (χ4n) is 2.53. The van der Waals surface area contributed by atoms with Crippen LogP contribution < -0.4 is 5.32 Å². The van der Waals surface area contributed by atoms with Crippen LogP contribution >= 0.6 is 27.5 Å². The first kappa shape index (κ1) is 14.4. The van der Waals surface area contributed by atoms with E-state index in [0.29, 0.717) is 10.8 Å². The van der Waals surface area contributed by atoms with Crippen molar-refractivity contribution in [2.24, 2.45) is 4.99 Å². The lowest BCUT2D eigenvalue weighted by molar-refractivity contribution is 1.05. The number of pyridine rings is 1. The molecule has 0 saturated heterocycles. The van der Waals surface area contributed by atoms with Gasteiger partial charge < -0.3 is 5.32 Å². The highest BCUT2D eigenvalue weighted by atomic mass is 79.9. The summed E-state index contributed by atoms with van der Waals surface area (Å²) in [5.74, 6) is 0.684. The Hall–Kier alpha value is -2.18. The molecule has 0 aliphatic carbocycles. The van der Waals surface area contributed by atoms with Crippen molar-refractivity contribution in [2.75, 3.05) is 5.32 Å². The maximum Gasteiger partial charge on any atom is 0.178 e. The first-order valence-corrected chi connectivity index (χ1v) is 8.12. The molecule has 0 saturated carbocycles. The molecule has 0 atom stereocenters. The van der Waals surface area contributed by atoms with E-state index in [2.05, 4.69) is 36.4 Å². The van der Waals surface area contributed by atoms with Gasteiger partial charge in [0.25, 0.3) is 0 Å². The second-order valence-electron chi connectivity index (χ2n) is 5.16. The molecule has 3 aromatic rings. The highest BCUT2D eigenvalue weighted by Crippen LogP contribution is 2.37. The predicted molar refractivity (Wildman–Crippen MR) is 95.3 cm³/mol. The van der Waals surface area contributed by atoms with Gasteiger partial charge in [-0.05, 0) is 35.0 Å². The van der Waals surface area contributed by atoms with E-state index in [-0.39, 0.29) is 0 Å². The second-order valence-corrected chi connectivity index (χ2v) is 6.38. The first-order chi connectivity index (χ1) is 11.1. The number of fused-ring (bicyclic) bond motifs is 2. The third kappa shape index (κ3) is 2.44. The van der Waals surface area contributed by atoms with Gasteiger partial charge in [0, 0.05) is 22.3 Å². The summed E-state index contributed by atoms with van der Waals surface area (Å²) in [5.41, 5.74) is 5.02. The van der Waals surface area contributed by atoms with Crippen molar-refractivity contribution in [2.45, 2.75) is 6.92 Å². The van der Waals surface area contributed by atoms with Crippen molar-refractivity contribution in [3.05, 3.63) is 63.0 Å². The van der Waals surface area contributed by atoms with E-state index >= 15 is 0 Å². The molecular formula is C16H11BrClN5. The molecule has 1 aliphatic rings. The predicted octanol–water partition coefficient (Wildman–Crippen LogP) is 4.76. The Morgan fingerprint density at radius 1 is 1.17 bits per heavy atom. The maximum atomic E-state index is 6.40. The summed E-state index contributed by atoms with van der Waals surface area (Å²) in [7, 11) is 0. The zero-order valence-corrected chi connectivity index (χ0v) is 14.4. The SMILES string of the molecule is Cc1[nH]nc2c1N=C(c1ccccc1Cl)c1cnc(Br)cc1N2. The number of aryl methyl sites for hydroxylation is 1. The number of aromatic nitrogens is 3. The van der Waals surface area contributed by atoms with Crippen molar-refractivity contribution in [3.63, 3.8) is 0 Å². The van der Waals surface area contributed by atoms with E-state index in [0.717, 1.165) is 38.5 Å². The van der Waals surface area contributed by atoms with Gasteiger partial charge in [0.2, 0.25) is 0 Å². The number of aliphatic imine (C=N–C) groups is 1. The van der Waals surface area contributed by atoms with Crippen LogP contribution in [0.5, 0.6) is 0 Å². The van der Waals surface area contributed by atoms with Crippen molar-refractivity contribution in [3.8, 4) is 0 Å². The molecule has 1 aliphatic heterocycles. The molecule has 2 N–H and O–H groups in total. The van der Waals surface area contributed by atoms with E-state index in [1.807, 2.05) is 37.3 Å². The highest BCUT2D eigenvalue weighted by molar-refractivity contribution is 9.10. The molecule has 7 heteroatoms. The smallest absolute Gasteiger partial charge is 0.178 e. The summed E-state index contributed by atoms with van der Waals surface area (Å²) in [6.45, 7) is 1.94. The van der Waals surface area contributed by atoms with Crippen LogP contribution in [0, 0.1) is 6.92 Å². The fraction of sp³-hybridized carbons (Fsp3) is 0.0625. The maximum absolute atomic E-state index is 6.40. The Morgan fingerprint density at radius 3 is 2.83 bits per heavy atom. The van der Waals surface area contributed by atoms with Gasteiger partial charge in [-0.15, -0.1) is 0 Å². The molecule has 0 bridgehead atoms. The van der Waals surface area contributed by atoms with Crippen LogP contribution in [0.4, 0.5) is 17.2 Å². The van der Waals surface area contributed by atoms with Gasteiger partial charge in [0.15, 0.2) is 5.82 Å². The van der Waals surface area contributed by atoms with Gasteiger partial charge >= 0.3 is 0 Å². The molecule has 114 valence electrons. The molecule has 0 amide bonds. The van der Waals surface area contributed by atoms with Crippen molar-refractivity contribution in [1.29, 1.82) is 0 Å². The molecule has 0 unspecified atom stereocenters. The first-order valence-electron chi connectivity index (χ1n) is 6.95. The Morgan fingerprint density at radius 2 is 2.00 bits per heavy atom. The number of hydrogen-bond donors (Lipinski definition) is 2. The summed E-state index contributed by atoms with van der Waals surface area (Å²) in [6, 6.07) is 9.55. The van der Waals surface area contributed by atoms with Crippen molar-refractivity contribution in [1.82, 2.24) is 15.2 Å². The summed E-state index contributed by atoms with van der Waals surface area (Å²) in [6.07, 6.45) is 1.78. The normalized spacial score (nSPS) is 12.7. The van der Waals surface area contributed by atoms with Crippen LogP contribution in [0.2, 0.25) is 5.02 Å². The summed E-state index contributed by atoms with van der Waals surface area (Å²) < 4.78 is 0.734. The number of anilines is 2. The largest absolute Gasteiger partial charge is 0.336 e. The summed E-state index contributed by atoms with van der Waals surface area (Å²) >= 11 is 9.80. The Kier molecular flexibility index (Phi) is 3.43. The number of nitrogens with zero attached hydrogens (tertiary/aromatic N) is 3. The molecule has 23 heavy (non-hydrogen) atoms. The molecule has 4 rings (SSSR count). The molecule has 0 fully saturated rings. The van der Waals surface area contributed by atoms with Crippen molar-refractivity contribution >= 4 is 50.4 Å². The van der Waals surface area contributed by atoms with Crippen LogP contribution in [-0.2, 0) is 0 Å². The number of aromatic amines is 1. The van der Waals surface area contributed by atoms with Crippen LogP contribution in [-0.4, -0.2) is 20.9 Å². The van der Waals surface area contributed by atoms with Crippen LogP contribution in [0.1, 0.15) is 16.8 Å². The van der Waals surface area contributed by atoms with E-state index in [1.165, 1.54) is 0 Å². The number of hydrogen-bond acceptors (Lipinski definition) is 4. The third-order valence-corrected chi connectivity index (χ3v) is 4.41. The Bertz CT molecular complexity index is 947. The molecule has 1 aromatic carbocycles. The topological polar surface area (TPSA) is 66.0 Å². The van der Waals surface area contributed by atoms with E-state index < -0.39 is 0 Å². The van der Waals surface area contributed by atoms with Gasteiger partial charge in [-0.1, -0.05) is 29.8 Å². The van der Waals surface area contributed by atoms with Crippen molar-refractivity contribution < 1.29 is 0 Å². The number of H-pyrrole nitrogens is 1. The minimum atomic E-state index is 0.643. The van der Waals surface area contributed by atoms with Crippen LogP contribution in [0.15, 0.2) is 46.1 Å². The second kappa shape index (κ2) is 5.47. The number of halogens is 2. The van der Waals surface area contributed by atoms with E-state index in [1.54, 1.807) is 6.20 Å². The molecule has 0 spiro atoms. The average Bonchev–Trinajstić information content (AvgIpc) is 2.78. The molecule has 3 heterocycles. The van der Waals surface area contributed by atoms with Gasteiger partial charge in [-0.3, -0.25) is 5.10 Å². The summed E-state index contributed by atoms with van der Waals surface area (Å²) in [5, 5.41) is 11.2. The van der Waals surface area contributed by atoms with Gasteiger partial charge in [-0.2, -0.15) is 5.10 Å². The van der Waals surface area contributed by atoms with Gasteiger partial charge in [-0.25, -0.2) is 9.98 Å². The fourth-order valence-corrected chi connectivity index (χ4v) is 3.08. The lowest BCUT2D eigenvalue weighted by Crippen LogP contribution is -2.06. The minimum Gasteiger partial charge on any atom is -0.336 e. The Labute approximate surface area is 146 Å². The van der Waals surface area contributed by atoms with Gasteiger partial charge in [0.1, 0.15) is 10.3 Å². The third-order valence-electron chi connectivity index (χ3n) is 3.65. The Balaban J connectivity index is 2.04. The zero-order chi connectivity index (χ0) is 16.0. The van der Waals surface area contributed by atoms with Gasteiger partial charge in [0.05, 0.1) is 17.1 Å². The lowest BCUT2D eigenvalue weighted by atomic mass is 10.0. The molecular weight excluding hydrogens is 378 g/mol. The van der Waals surface area contributed by atoms with E-state index in [9.17, 15) is 0 Å². The highest BCUT2D eigenvalue weighted by Gasteiger charge is 2.22. The standard InChI is InChI=1S/C16H11BrClN5/c1-8-14-16(23-22-8)20-12-6-13(17)19-7-10(12)15(21-14)9-4-2-3-5-11(9)18/h2-7H,1H3,(H2,20,22,23). The summed E-state index contributed by atoms with van der Waals surface area (Å²) in [4.78, 5) is 9.16. The monoisotopic (exact) mass is 387 g/mol. The number of nitrogens with one attached hydrogen (secondary N) is 2. The lowest BCUT2D eigenvalue weighted by Gasteiger charge is -2.11.